The van der Waals surface area contributed by atoms with Crippen LogP contribution in [0.4, 0.5) is 10.1 Å². The topological polar surface area (TPSA) is 40.5 Å². The quantitative estimate of drug-likeness (QED) is 0.893. The Labute approximate surface area is 131 Å². The smallest absolute Gasteiger partial charge is 0.323 e. The fourth-order valence-electron chi connectivity index (χ4n) is 1.94. The second-order valence-corrected chi connectivity index (χ2v) is 5.34. The summed E-state index contributed by atoms with van der Waals surface area (Å²) in [6.45, 7) is -0.189. The predicted octanol–water partition coefficient (Wildman–Crippen LogP) is 4.22. The van der Waals surface area contributed by atoms with E-state index in [1.54, 1.807) is 24.3 Å². The summed E-state index contributed by atoms with van der Waals surface area (Å²) in [6.07, 6.45) is 0. The van der Waals surface area contributed by atoms with Crippen molar-refractivity contribution < 1.29 is 14.3 Å². The summed E-state index contributed by atoms with van der Waals surface area (Å²) in [4.78, 5) is 12.5. The molecule has 0 saturated heterocycles. The zero-order chi connectivity index (χ0) is 15.4. The molecular weight excluding hydrogens is 316 g/mol. The first-order chi connectivity index (χ1) is 9.95. The van der Waals surface area contributed by atoms with Crippen molar-refractivity contribution in [3.05, 3.63) is 63.9 Å². The third kappa shape index (κ3) is 4.34. The van der Waals surface area contributed by atoms with E-state index < -0.39 is 11.8 Å². The third-order valence-corrected chi connectivity index (χ3v) is 3.34. The van der Waals surface area contributed by atoms with Gasteiger partial charge in [0.05, 0.1) is 0 Å². The normalized spacial score (nSPS) is 10.4. The van der Waals surface area contributed by atoms with Crippen LogP contribution >= 0.6 is 23.2 Å². The van der Waals surface area contributed by atoms with Gasteiger partial charge in [-0.25, -0.2) is 4.39 Å². The van der Waals surface area contributed by atoms with Crippen LogP contribution in [0.1, 0.15) is 5.56 Å². The van der Waals surface area contributed by atoms with Gasteiger partial charge in [0.15, 0.2) is 0 Å². The van der Waals surface area contributed by atoms with Gasteiger partial charge < -0.3 is 10.0 Å². The van der Waals surface area contributed by atoms with Crippen molar-refractivity contribution in [1.82, 2.24) is 0 Å². The third-order valence-electron chi connectivity index (χ3n) is 2.87. The van der Waals surface area contributed by atoms with Crippen molar-refractivity contribution in [2.24, 2.45) is 0 Å². The van der Waals surface area contributed by atoms with Crippen molar-refractivity contribution in [3.63, 3.8) is 0 Å². The van der Waals surface area contributed by atoms with Gasteiger partial charge in [-0.1, -0.05) is 29.3 Å². The number of hydrogen-bond donors (Lipinski definition) is 1. The first kappa shape index (κ1) is 15.6. The number of benzene rings is 2. The first-order valence-corrected chi connectivity index (χ1v) is 6.87. The van der Waals surface area contributed by atoms with E-state index in [4.69, 9.17) is 28.3 Å². The highest BCUT2D eigenvalue weighted by atomic mass is 35.5. The number of rotatable bonds is 5. The molecule has 3 nitrogen and oxygen atoms in total. The lowest BCUT2D eigenvalue weighted by atomic mass is 10.2. The Morgan fingerprint density at radius 2 is 1.86 bits per heavy atom. The average Bonchev–Trinajstić information content (AvgIpc) is 2.41. The van der Waals surface area contributed by atoms with Crippen LogP contribution in [0.15, 0.2) is 42.5 Å². The molecule has 0 unspecified atom stereocenters. The maximum absolute atomic E-state index is 13.8. The fourth-order valence-corrected chi connectivity index (χ4v) is 2.32. The molecule has 0 atom stereocenters. The van der Waals surface area contributed by atoms with Crippen LogP contribution in [0, 0.1) is 5.82 Å². The van der Waals surface area contributed by atoms with Gasteiger partial charge in [0.1, 0.15) is 12.4 Å². The molecule has 0 bridgehead atoms. The van der Waals surface area contributed by atoms with Crippen molar-refractivity contribution in [2.45, 2.75) is 6.54 Å². The number of anilines is 1. The van der Waals surface area contributed by atoms with E-state index in [0.717, 1.165) is 0 Å². The monoisotopic (exact) mass is 327 g/mol. The zero-order valence-corrected chi connectivity index (χ0v) is 12.4. The van der Waals surface area contributed by atoms with Crippen LogP contribution < -0.4 is 4.90 Å². The number of halogens is 3. The summed E-state index contributed by atoms with van der Waals surface area (Å²) in [6, 6.07) is 10.9. The Morgan fingerprint density at radius 1 is 1.14 bits per heavy atom. The van der Waals surface area contributed by atoms with Gasteiger partial charge >= 0.3 is 5.97 Å². The lowest BCUT2D eigenvalue weighted by molar-refractivity contribution is -0.135. The lowest BCUT2D eigenvalue weighted by Gasteiger charge is -2.23. The molecule has 110 valence electrons. The Hall–Kier alpha value is -1.78. The molecule has 2 aromatic rings. The molecule has 2 rings (SSSR count). The van der Waals surface area contributed by atoms with Crippen LogP contribution in [-0.4, -0.2) is 17.6 Å². The van der Waals surface area contributed by atoms with Gasteiger partial charge in [0.25, 0.3) is 0 Å². The summed E-state index contributed by atoms with van der Waals surface area (Å²) < 4.78 is 13.8. The summed E-state index contributed by atoms with van der Waals surface area (Å²) in [5.41, 5.74) is 0.924. The summed E-state index contributed by atoms with van der Waals surface area (Å²) >= 11 is 11.8. The van der Waals surface area contributed by atoms with Crippen LogP contribution in [0.25, 0.3) is 0 Å². The molecule has 0 spiro atoms. The maximum atomic E-state index is 13.8. The fraction of sp³-hybridized carbons (Fsp3) is 0.133. The number of nitrogens with zero attached hydrogens (tertiary/aromatic N) is 1. The SMILES string of the molecule is O=C(O)CN(Cc1cc(Cl)ccc1F)c1cccc(Cl)c1. The number of carboxylic acid groups (broad SMARTS) is 1. The molecular formula is C15H12Cl2FNO2. The standard InChI is InChI=1S/C15H12Cl2FNO2/c16-11-2-1-3-13(7-11)19(9-15(20)21)8-10-6-12(17)4-5-14(10)18/h1-7H,8-9H2,(H,20,21). The first-order valence-electron chi connectivity index (χ1n) is 6.12. The minimum absolute atomic E-state index is 0.0824. The molecule has 6 heteroatoms. The molecule has 0 aliphatic rings. The lowest BCUT2D eigenvalue weighted by Crippen LogP contribution is -2.29. The van der Waals surface area contributed by atoms with Gasteiger partial charge in [-0.15, -0.1) is 0 Å². The second-order valence-electron chi connectivity index (χ2n) is 4.47. The molecule has 0 aliphatic heterocycles. The highest BCUT2D eigenvalue weighted by Gasteiger charge is 2.14. The molecule has 0 saturated carbocycles. The van der Waals surface area contributed by atoms with E-state index in [0.29, 0.717) is 21.3 Å². The molecule has 0 amide bonds. The van der Waals surface area contributed by atoms with E-state index in [9.17, 15) is 9.18 Å². The van der Waals surface area contributed by atoms with E-state index in [1.165, 1.54) is 23.1 Å². The summed E-state index contributed by atoms with van der Waals surface area (Å²) in [7, 11) is 0. The van der Waals surface area contributed by atoms with Gasteiger partial charge in [-0.2, -0.15) is 0 Å². The molecule has 0 heterocycles. The molecule has 0 aromatic heterocycles. The van der Waals surface area contributed by atoms with Crippen LogP contribution in [0.3, 0.4) is 0 Å². The average molecular weight is 328 g/mol. The van der Waals surface area contributed by atoms with Crippen molar-refractivity contribution in [2.75, 3.05) is 11.4 Å². The minimum atomic E-state index is -1.02. The van der Waals surface area contributed by atoms with Gasteiger partial charge in [-0.3, -0.25) is 4.79 Å². The van der Waals surface area contributed by atoms with Gasteiger partial charge in [0, 0.05) is 27.8 Å². The molecule has 0 radical (unpaired) electrons. The Bertz CT molecular complexity index is 664. The molecule has 21 heavy (non-hydrogen) atoms. The zero-order valence-electron chi connectivity index (χ0n) is 10.9. The Kier molecular flexibility index (Phi) is 5.04. The largest absolute Gasteiger partial charge is 0.480 e. The number of carbonyl (C=O) groups is 1. The van der Waals surface area contributed by atoms with E-state index in [-0.39, 0.29) is 13.1 Å². The highest BCUT2D eigenvalue weighted by Crippen LogP contribution is 2.23. The maximum Gasteiger partial charge on any atom is 0.323 e. The van der Waals surface area contributed by atoms with Gasteiger partial charge in [-0.05, 0) is 36.4 Å². The Balaban J connectivity index is 2.32. The number of hydrogen-bond acceptors (Lipinski definition) is 2. The highest BCUT2D eigenvalue weighted by molar-refractivity contribution is 6.31. The van der Waals surface area contributed by atoms with E-state index in [1.807, 2.05) is 0 Å². The van der Waals surface area contributed by atoms with Crippen LogP contribution in [-0.2, 0) is 11.3 Å². The number of aliphatic carboxylic acids is 1. The molecule has 0 aliphatic carbocycles. The van der Waals surface area contributed by atoms with Crippen molar-refractivity contribution in [3.8, 4) is 0 Å². The van der Waals surface area contributed by atoms with Crippen LogP contribution in [0.2, 0.25) is 10.0 Å². The predicted molar refractivity (Wildman–Crippen MR) is 81.5 cm³/mol. The Morgan fingerprint density at radius 3 is 2.52 bits per heavy atom. The van der Waals surface area contributed by atoms with Crippen molar-refractivity contribution in [1.29, 1.82) is 0 Å². The molecule has 1 N–H and O–H groups in total. The summed E-state index contributed by atoms with van der Waals surface area (Å²) in [5.74, 6) is -1.45. The molecule has 2 aromatic carbocycles. The second kappa shape index (κ2) is 6.78. The summed E-state index contributed by atoms with van der Waals surface area (Å²) in [5, 5.41) is 9.90. The van der Waals surface area contributed by atoms with E-state index >= 15 is 0 Å². The van der Waals surface area contributed by atoms with E-state index in [2.05, 4.69) is 0 Å². The van der Waals surface area contributed by atoms with Crippen LogP contribution in [0.5, 0.6) is 0 Å². The van der Waals surface area contributed by atoms with Gasteiger partial charge in [0.2, 0.25) is 0 Å². The molecule has 0 fully saturated rings. The minimum Gasteiger partial charge on any atom is -0.480 e. The van der Waals surface area contributed by atoms with Crippen molar-refractivity contribution >= 4 is 34.9 Å². The number of carboxylic acids is 1.